The van der Waals surface area contributed by atoms with E-state index < -0.39 is 12.7 Å². The number of para-hydroxylation sites is 1. The lowest BCUT2D eigenvalue weighted by Gasteiger charge is -2.11. The lowest BCUT2D eigenvalue weighted by molar-refractivity contribution is 0.670. The molecule has 3 heterocycles. The molecule has 134 valence electrons. The number of fused-ring (bicyclic) bond motifs is 4. The maximum atomic E-state index is 8.48. The van der Waals surface area contributed by atoms with Gasteiger partial charge >= 0.3 is 0 Å². The first-order valence-electron chi connectivity index (χ1n) is 10.8. The van der Waals surface area contributed by atoms with Crippen LogP contribution in [0.2, 0.25) is 0 Å². The van der Waals surface area contributed by atoms with Crippen molar-refractivity contribution in [3.63, 3.8) is 0 Å². The molecule has 3 aromatic heterocycles. The van der Waals surface area contributed by atoms with Gasteiger partial charge in [0.25, 0.3) is 0 Å². The number of hydrogen-bond acceptors (Lipinski definition) is 4. The molecule has 0 bridgehead atoms. The van der Waals surface area contributed by atoms with Crippen molar-refractivity contribution < 1.29 is 9.90 Å². The standard InChI is InChI=1S/C23H20N2OS/c1-12(2)17-8-19(24-11-13(17)3)16-7-5-6-15-18-9-22-20(25-14(4)27-22)10-21(18)26-23(15)16/h5-12H,1-4H3/i3D3,12D. The van der Waals surface area contributed by atoms with Crippen molar-refractivity contribution in [3.05, 3.63) is 58.7 Å². The Bertz CT molecular complexity index is 1470. The molecule has 0 aliphatic heterocycles. The number of hydrogen-bond donors (Lipinski definition) is 0. The number of aryl methyl sites for hydroxylation is 2. The summed E-state index contributed by atoms with van der Waals surface area (Å²) in [6.07, 6.45) is 1.37. The van der Waals surface area contributed by atoms with Gasteiger partial charge in [0.1, 0.15) is 11.2 Å². The number of thiazole rings is 1. The number of rotatable bonds is 2. The minimum absolute atomic E-state index is 0.106. The highest BCUT2D eigenvalue weighted by atomic mass is 32.1. The van der Waals surface area contributed by atoms with Crippen LogP contribution in [0, 0.1) is 13.8 Å². The van der Waals surface area contributed by atoms with Gasteiger partial charge in [0, 0.05) is 34.1 Å². The zero-order valence-electron chi connectivity index (χ0n) is 19.3. The van der Waals surface area contributed by atoms with Crippen LogP contribution in [-0.4, -0.2) is 9.97 Å². The van der Waals surface area contributed by atoms with E-state index in [2.05, 4.69) is 16.0 Å². The van der Waals surface area contributed by atoms with Gasteiger partial charge in [0.2, 0.25) is 0 Å². The highest BCUT2D eigenvalue weighted by Gasteiger charge is 2.16. The molecule has 0 saturated heterocycles. The van der Waals surface area contributed by atoms with Crippen molar-refractivity contribution in [1.82, 2.24) is 9.97 Å². The van der Waals surface area contributed by atoms with Crippen LogP contribution in [0.25, 0.3) is 43.4 Å². The number of benzene rings is 2. The fourth-order valence-corrected chi connectivity index (χ4v) is 4.40. The Morgan fingerprint density at radius 3 is 2.89 bits per heavy atom. The fraction of sp³-hybridized carbons (Fsp3) is 0.217. The van der Waals surface area contributed by atoms with Crippen molar-refractivity contribution in [3.8, 4) is 11.3 Å². The zero-order chi connectivity index (χ0) is 22.1. The third kappa shape index (κ3) is 2.55. The highest BCUT2D eigenvalue weighted by molar-refractivity contribution is 7.18. The van der Waals surface area contributed by atoms with Crippen molar-refractivity contribution in [2.24, 2.45) is 0 Å². The van der Waals surface area contributed by atoms with Gasteiger partial charge in [-0.05, 0) is 49.0 Å². The summed E-state index contributed by atoms with van der Waals surface area (Å²) in [4.78, 5) is 9.01. The monoisotopic (exact) mass is 376 g/mol. The Kier molecular flexibility index (Phi) is 2.76. The second kappa shape index (κ2) is 5.89. The molecule has 0 aliphatic rings. The lowest BCUT2D eigenvalue weighted by atomic mass is 9.97. The summed E-state index contributed by atoms with van der Waals surface area (Å²) in [7, 11) is 0. The SMILES string of the molecule is [2H]C([2H])([2H])c1cnc(-c2cccc3c2oc2cc4nc(C)sc4cc23)cc1C([2H])(C)C. The van der Waals surface area contributed by atoms with Crippen LogP contribution >= 0.6 is 11.3 Å². The molecule has 5 rings (SSSR count). The molecule has 27 heavy (non-hydrogen) atoms. The van der Waals surface area contributed by atoms with E-state index in [9.17, 15) is 0 Å². The van der Waals surface area contributed by atoms with E-state index in [1.807, 2.05) is 31.2 Å². The average Bonchev–Trinajstić information content (AvgIpc) is 3.22. The molecular weight excluding hydrogens is 352 g/mol. The molecule has 0 N–H and O–H groups in total. The van der Waals surface area contributed by atoms with E-state index in [-0.39, 0.29) is 5.56 Å². The van der Waals surface area contributed by atoms with Crippen LogP contribution in [0.4, 0.5) is 0 Å². The van der Waals surface area contributed by atoms with E-state index in [0.29, 0.717) is 16.8 Å². The van der Waals surface area contributed by atoms with Gasteiger partial charge in [-0.15, -0.1) is 11.3 Å². The van der Waals surface area contributed by atoms with Crippen LogP contribution in [0.5, 0.6) is 0 Å². The van der Waals surface area contributed by atoms with Gasteiger partial charge in [0.15, 0.2) is 0 Å². The molecular formula is C23H20N2OS. The van der Waals surface area contributed by atoms with Crippen LogP contribution in [0.1, 0.15) is 41.4 Å². The smallest absolute Gasteiger partial charge is 0.144 e. The lowest BCUT2D eigenvalue weighted by Crippen LogP contribution is -1.95. The summed E-state index contributed by atoms with van der Waals surface area (Å²) < 4.78 is 39.3. The Hall–Kier alpha value is -2.72. The van der Waals surface area contributed by atoms with Gasteiger partial charge < -0.3 is 4.42 Å². The van der Waals surface area contributed by atoms with Crippen molar-refractivity contribution >= 4 is 43.5 Å². The van der Waals surface area contributed by atoms with Crippen LogP contribution in [0.15, 0.2) is 47.0 Å². The minimum atomic E-state index is -2.33. The fourth-order valence-electron chi connectivity index (χ4n) is 3.55. The number of nitrogens with zero attached hydrogens (tertiary/aromatic N) is 2. The topological polar surface area (TPSA) is 38.9 Å². The van der Waals surface area contributed by atoms with E-state index in [1.54, 1.807) is 31.3 Å². The molecule has 0 spiro atoms. The Labute approximate surface area is 167 Å². The van der Waals surface area contributed by atoms with E-state index in [1.165, 1.54) is 6.20 Å². The van der Waals surface area contributed by atoms with Gasteiger partial charge in [0.05, 0.1) is 20.9 Å². The van der Waals surface area contributed by atoms with Crippen LogP contribution < -0.4 is 0 Å². The average molecular weight is 377 g/mol. The summed E-state index contributed by atoms with van der Waals surface area (Å²) in [6, 6.07) is 11.6. The molecule has 0 fully saturated rings. The molecule has 0 saturated carbocycles. The van der Waals surface area contributed by atoms with Crippen molar-refractivity contribution in [2.45, 2.75) is 33.5 Å². The molecule has 5 aromatic rings. The maximum absolute atomic E-state index is 8.48. The molecule has 0 unspecified atom stereocenters. The quantitative estimate of drug-likeness (QED) is 0.333. The second-order valence-corrected chi connectivity index (χ2v) is 8.18. The van der Waals surface area contributed by atoms with Crippen LogP contribution in [0.3, 0.4) is 0 Å². The normalized spacial score (nSPS) is 15.1. The predicted octanol–water partition coefficient (Wildman–Crippen LogP) is 7.00. The molecule has 2 aromatic carbocycles. The third-order valence-electron chi connectivity index (χ3n) is 4.83. The summed E-state index contributed by atoms with van der Waals surface area (Å²) in [6.45, 7) is 3.03. The zero-order valence-corrected chi connectivity index (χ0v) is 16.1. The summed E-state index contributed by atoms with van der Waals surface area (Å²) in [5.41, 5.74) is 4.25. The maximum Gasteiger partial charge on any atom is 0.144 e. The molecule has 0 radical (unpaired) electrons. The van der Waals surface area contributed by atoms with Gasteiger partial charge in [-0.1, -0.05) is 26.0 Å². The first-order chi connectivity index (χ1) is 14.5. The molecule has 0 amide bonds. The van der Waals surface area contributed by atoms with E-state index in [0.717, 1.165) is 37.1 Å². The Balaban J connectivity index is 1.77. The van der Waals surface area contributed by atoms with Gasteiger partial charge in [-0.25, -0.2) is 4.98 Å². The Morgan fingerprint density at radius 2 is 2.07 bits per heavy atom. The number of aromatic nitrogens is 2. The summed E-state index contributed by atoms with van der Waals surface area (Å²) >= 11 is 1.65. The van der Waals surface area contributed by atoms with Gasteiger partial charge in [-0.3, -0.25) is 4.98 Å². The highest BCUT2D eigenvalue weighted by Crippen LogP contribution is 2.38. The predicted molar refractivity (Wildman–Crippen MR) is 114 cm³/mol. The third-order valence-corrected chi connectivity index (χ3v) is 5.77. The largest absolute Gasteiger partial charge is 0.455 e. The molecule has 0 aliphatic carbocycles. The second-order valence-electron chi connectivity index (χ2n) is 6.95. The minimum Gasteiger partial charge on any atom is -0.455 e. The first kappa shape index (κ1) is 12.6. The van der Waals surface area contributed by atoms with Crippen LogP contribution in [-0.2, 0) is 0 Å². The number of furan rings is 1. The summed E-state index contributed by atoms with van der Waals surface area (Å²) in [5, 5.41) is 2.98. The van der Waals surface area contributed by atoms with E-state index >= 15 is 0 Å². The van der Waals surface area contributed by atoms with Gasteiger partial charge in [-0.2, -0.15) is 0 Å². The number of pyridine rings is 1. The first-order valence-corrected chi connectivity index (χ1v) is 9.58. The molecule has 3 nitrogen and oxygen atoms in total. The Morgan fingerprint density at radius 1 is 1.19 bits per heavy atom. The molecule has 0 atom stereocenters. The summed E-state index contributed by atoms with van der Waals surface area (Å²) in [5.74, 6) is -1.09. The molecule has 4 heteroatoms. The van der Waals surface area contributed by atoms with Crippen molar-refractivity contribution in [1.29, 1.82) is 0 Å². The van der Waals surface area contributed by atoms with Crippen molar-refractivity contribution in [2.75, 3.05) is 0 Å². The van der Waals surface area contributed by atoms with E-state index in [4.69, 9.17) is 9.90 Å².